The molecule has 0 aliphatic heterocycles. The minimum Gasteiger partial charge on any atom is -0.349 e. The van der Waals surface area contributed by atoms with Crippen molar-refractivity contribution in [3.63, 3.8) is 0 Å². The molecule has 1 heterocycles. The van der Waals surface area contributed by atoms with Crippen molar-refractivity contribution in [2.45, 2.75) is 38.1 Å². The van der Waals surface area contributed by atoms with E-state index in [0.29, 0.717) is 11.6 Å². The first-order valence-corrected chi connectivity index (χ1v) is 5.92. The van der Waals surface area contributed by atoms with E-state index < -0.39 is 0 Å². The van der Waals surface area contributed by atoms with Gasteiger partial charge >= 0.3 is 0 Å². The van der Waals surface area contributed by atoms with E-state index in [1.807, 2.05) is 0 Å². The van der Waals surface area contributed by atoms with Gasteiger partial charge in [-0.25, -0.2) is 9.97 Å². The Labute approximate surface area is 99.4 Å². The molecule has 1 aliphatic carbocycles. The molecule has 0 saturated heterocycles. The van der Waals surface area contributed by atoms with E-state index in [0.717, 1.165) is 12.8 Å². The second-order valence-corrected chi connectivity index (χ2v) is 4.39. The maximum Gasteiger partial charge on any atom is 0.254 e. The smallest absolute Gasteiger partial charge is 0.254 e. The van der Waals surface area contributed by atoms with E-state index in [1.54, 1.807) is 0 Å². The maximum atomic E-state index is 11.8. The first kappa shape index (κ1) is 11.3. The number of rotatable bonds is 2. The van der Waals surface area contributed by atoms with Crippen molar-refractivity contribution in [2.75, 3.05) is 0 Å². The Kier molecular flexibility index (Phi) is 3.72. The van der Waals surface area contributed by atoms with Crippen molar-refractivity contribution >= 4 is 17.5 Å². The molecular weight excluding hydrogens is 226 g/mol. The number of aromatic nitrogens is 2. The molecule has 4 nitrogen and oxygen atoms in total. The van der Waals surface area contributed by atoms with Crippen molar-refractivity contribution in [2.24, 2.45) is 0 Å². The number of hydrogen-bond donors (Lipinski definition) is 1. The lowest BCUT2D eigenvalue weighted by Gasteiger charge is -2.22. The molecule has 0 bridgehead atoms. The minimum absolute atomic E-state index is 0.108. The highest BCUT2D eigenvalue weighted by Crippen LogP contribution is 2.17. The lowest BCUT2D eigenvalue weighted by Crippen LogP contribution is -2.36. The van der Waals surface area contributed by atoms with Gasteiger partial charge in [0, 0.05) is 18.4 Å². The lowest BCUT2D eigenvalue weighted by atomic mass is 9.95. The molecule has 86 valence electrons. The fourth-order valence-electron chi connectivity index (χ4n) is 1.95. The number of nitrogens with zero attached hydrogens (tertiary/aromatic N) is 2. The summed E-state index contributed by atoms with van der Waals surface area (Å²) in [5, 5.41) is 3.15. The summed E-state index contributed by atoms with van der Waals surface area (Å²) in [6, 6.07) is 0.303. The van der Waals surface area contributed by atoms with Gasteiger partial charge in [0.25, 0.3) is 5.91 Å². The molecule has 1 aliphatic rings. The van der Waals surface area contributed by atoms with Crippen LogP contribution in [0.1, 0.15) is 42.5 Å². The first-order chi connectivity index (χ1) is 7.75. The van der Waals surface area contributed by atoms with Gasteiger partial charge in [-0.1, -0.05) is 19.3 Å². The summed E-state index contributed by atoms with van der Waals surface area (Å²) in [5.74, 6) is -0.108. The molecule has 1 fully saturated rings. The van der Waals surface area contributed by atoms with Crippen LogP contribution in [0.5, 0.6) is 0 Å². The Balaban J connectivity index is 1.94. The summed E-state index contributed by atoms with van der Waals surface area (Å²) in [6.07, 6.45) is 8.71. The van der Waals surface area contributed by atoms with Gasteiger partial charge < -0.3 is 5.32 Å². The van der Waals surface area contributed by atoms with E-state index in [4.69, 9.17) is 11.6 Å². The Morgan fingerprint density at radius 2 is 1.88 bits per heavy atom. The highest BCUT2D eigenvalue weighted by Gasteiger charge is 2.16. The molecule has 0 aromatic carbocycles. The van der Waals surface area contributed by atoms with Crippen LogP contribution >= 0.6 is 11.6 Å². The van der Waals surface area contributed by atoms with Crippen molar-refractivity contribution in [1.82, 2.24) is 15.3 Å². The molecule has 16 heavy (non-hydrogen) atoms. The van der Waals surface area contributed by atoms with Crippen LogP contribution in [0, 0.1) is 0 Å². The molecule has 5 heteroatoms. The normalized spacial score (nSPS) is 17.1. The molecule has 0 unspecified atom stereocenters. The Morgan fingerprint density at radius 3 is 2.50 bits per heavy atom. The third-order valence-electron chi connectivity index (χ3n) is 2.82. The van der Waals surface area contributed by atoms with E-state index in [1.165, 1.54) is 31.7 Å². The van der Waals surface area contributed by atoms with Gasteiger partial charge in [-0.05, 0) is 24.4 Å². The zero-order chi connectivity index (χ0) is 11.4. The average molecular weight is 240 g/mol. The fraction of sp³-hybridized carbons (Fsp3) is 0.545. The zero-order valence-corrected chi connectivity index (χ0v) is 9.70. The van der Waals surface area contributed by atoms with E-state index in [-0.39, 0.29) is 11.2 Å². The molecule has 0 spiro atoms. The SMILES string of the molecule is O=C(NC1CCCCC1)c1cnc(Cl)nc1. The second-order valence-electron chi connectivity index (χ2n) is 4.05. The molecule has 0 atom stereocenters. The van der Waals surface area contributed by atoms with Crippen molar-refractivity contribution < 1.29 is 4.79 Å². The largest absolute Gasteiger partial charge is 0.349 e. The van der Waals surface area contributed by atoms with Crippen molar-refractivity contribution in [3.05, 3.63) is 23.2 Å². The highest BCUT2D eigenvalue weighted by molar-refractivity contribution is 6.28. The van der Waals surface area contributed by atoms with Gasteiger partial charge in [0.15, 0.2) is 0 Å². The van der Waals surface area contributed by atoms with Gasteiger partial charge in [0.1, 0.15) is 0 Å². The van der Waals surface area contributed by atoms with E-state index in [9.17, 15) is 4.79 Å². The summed E-state index contributed by atoms with van der Waals surface area (Å²) < 4.78 is 0. The van der Waals surface area contributed by atoms with Gasteiger partial charge in [-0.3, -0.25) is 4.79 Å². The first-order valence-electron chi connectivity index (χ1n) is 5.54. The molecule has 0 radical (unpaired) electrons. The number of nitrogens with one attached hydrogen (secondary N) is 1. The Bertz CT molecular complexity index is 360. The van der Waals surface area contributed by atoms with Crippen molar-refractivity contribution in [3.8, 4) is 0 Å². The molecule has 1 aromatic rings. The minimum atomic E-state index is -0.108. The fourth-order valence-corrected chi connectivity index (χ4v) is 2.04. The zero-order valence-electron chi connectivity index (χ0n) is 8.95. The van der Waals surface area contributed by atoms with Crippen molar-refractivity contribution in [1.29, 1.82) is 0 Å². The molecule has 2 rings (SSSR count). The third-order valence-corrected chi connectivity index (χ3v) is 3.02. The summed E-state index contributed by atoms with van der Waals surface area (Å²) in [7, 11) is 0. The topological polar surface area (TPSA) is 54.9 Å². The van der Waals surface area contributed by atoms with Crippen LogP contribution in [0.25, 0.3) is 0 Å². The summed E-state index contributed by atoms with van der Waals surface area (Å²) in [6.45, 7) is 0. The van der Waals surface area contributed by atoms with Gasteiger partial charge in [0.05, 0.1) is 5.56 Å². The van der Waals surface area contributed by atoms with Crippen LogP contribution in [-0.2, 0) is 0 Å². The molecule has 1 N–H and O–H groups in total. The summed E-state index contributed by atoms with van der Waals surface area (Å²) in [5.41, 5.74) is 0.468. The quantitative estimate of drug-likeness (QED) is 0.805. The summed E-state index contributed by atoms with van der Waals surface area (Å²) in [4.78, 5) is 19.4. The van der Waals surface area contributed by atoms with E-state index in [2.05, 4.69) is 15.3 Å². The maximum absolute atomic E-state index is 11.8. The number of halogens is 1. The van der Waals surface area contributed by atoms with Gasteiger partial charge in [-0.2, -0.15) is 0 Å². The van der Waals surface area contributed by atoms with Crippen LogP contribution < -0.4 is 5.32 Å². The lowest BCUT2D eigenvalue weighted by molar-refractivity contribution is 0.0927. The second kappa shape index (κ2) is 5.25. The molecule has 1 saturated carbocycles. The average Bonchev–Trinajstić information content (AvgIpc) is 2.31. The van der Waals surface area contributed by atoms with Crippen LogP contribution in [-0.4, -0.2) is 21.9 Å². The van der Waals surface area contributed by atoms with Crippen LogP contribution in [0.2, 0.25) is 5.28 Å². The monoisotopic (exact) mass is 239 g/mol. The highest BCUT2D eigenvalue weighted by atomic mass is 35.5. The number of carbonyl (C=O) groups excluding carboxylic acids is 1. The molecule has 1 aromatic heterocycles. The van der Waals surface area contributed by atoms with E-state index >= 15 is 0 Å². The Hall–Kier alpha value is -1.16. The number of hydrogen-bond acceptors (Lipinski definition) is 3. The van der Waals surface area contributed by atoms with Gasteiger partial charge in [0.2, 0.25) is 5.28 Å². The molecular formula is C11H14ClN3O. The Morgan fingerprint density at radius 1 is 1.25 bits per heavy atom. The van der Waals surface area contributed by atoms with Crippen LogP contribution in [0.4, 0.5) is 0 Å². The van der Waals surface area contributed by atoms with Crippen LogP contribution in [0.3, 0.4) is 0 Å². The predicted octanol–water partition coefficient (Wildman–Crippen LogP) is 2.19. The standard InChI is InChI=1S/C11H14ClN3O/c12-11-13-6-8(7-14-11)10(16)15-9-4-2-1-3-5-9/h6-7,9H,1-5H2,(H,15,16). The molecule has 1 amide bonds. The number of carbonyl (C=O) groups is 1. The third kappa shape index (κ3) is 2.92. The van der Waals surface area contributed by atoms with Gasteiger partial charge in [-0.15, -0.1) is 0 Å². The van der Waals surface area contributed by atoms with Crippen LogP contribution in [0.15, 0.2) is 12.4 Å². The predicted molar refractivity (Wildman–Crippen MR) is 61.4 cm³/mol. The number of amides is 1. The summed E-state index contributed by atoms with van der Waals surface area (Å²) >= 11 is 5.55.